The van der Waals surface area contributed by atoms with E-state index in [2.05, 4.69) is 11.4 Å². The number of amides is 1. The molecule has 4 heteroatoms. The van der Waals surface area contributed by atoms with Crippen molar-refractivity contribution in [3.63, 3.8) is 0 Å². The summed E-state index contributed by atoms with van der Waals surface area (Å²) in [5.41, 5.74) is 3.58. The molecule has 1 N–H and O–H groups in total. The van der Waals surface area contributed by atoms with Gasteiger partial charge in [-0.25, -0.2) is 4.39 Å². The molecule has 132 valence electrons. The van der Waals surface area contributed by atoms with Gasteiger partial charge in [0.15, 0.2) is 6.10 Å². The van der Waals surface area contributed by atoms with Gasteiger partial charge in [0.1, 0.15) is 11.6 Å². The molecule has 25 heavy (non-hydrogen) atoms. The van der Waals surface area contributed by atoms with Gasteiger partial charge in [-0.2, -0.15) is 0 Å². The third-order valence-electron chi connectivity index (χ3n) is 4.65. The smallest absolute Gasteiger partial charge is 0.260 e. The molecule has 0 unspecified atom stereocenters. The Morgan fingerprint density at radius 2 is 1.92 bits per heavy atom. The Hall–Kier alpha value is -2.36. The van der Waals surface area contributed by atoms with E-state index in [9.17, 15) is 9.18 Å². The zero-order valence-corrected chi connectivity index (χ0v) is 14.6. The molecule has 0 heterocycles. The van der Waals surface area contributed by atoms with Crippen molar-refractivity contribution < 1.29 is 13.9 Å². The van der Waals surface area contributed by atoms with Gasteiger partial charge in [-0.15, -0.1) is 0 Å². The van der Waals surface area contributed by atoms with Crippen molar-refractivity contribution in [2.24, 2.45) is 0 Å². The molecule has 0 radical (unpaired) electrons. The largest absolute Gasteiger partial charge is 0.481 e. The van der Waals surface area contributed by atoms with E-state index in [1.54, 1.807) is 19.1 Å². The van der Waals surface area contributed by atoms with Gasteiger partial charge in [0, 0.05) is 6.54 Å². The minimum Gasteiger partial charge on any atom is -0.481 e. The molecule has 2 aromatic carbocycles. The van der Waals surface area contributed by atoms with Crippen LogP contribution in [0.15, 0.2) is 42.5 Å². The van der Waals surface area contributed by atoms with E-state index in [4.69, 9.17) is 4.74 Å². The van der Waals surface area contributed by atoms with Crippen LogP contribution >= 0.6 is 0 Å². The Labute approximate surface area is 148 Å². The van der Waals surface area contributed by atoms with Crippen LogP contribution in [0.4, 0.5) is 4.39 Å². The van der Waals surface area contributed by atoms with Gasteiger partial charge in [0.25, 0.3) is 5.91 Å². The van der Waals surface area contributed by atoms with Gasteiger partial charge in [0.05, 0.1) is 0 Å². The standard InChI is InChI=1S/C21H24FNO2/c1-15(21(24)23-14-13-16-9-11-18(22)12-10-16)25-20-8-4-6-17-5-2-3-7-19(17)20/h4,6,8-12,15H,2-3,5,7,13-14H2,1H3,(H,23,24)/t15-/m0/s1. The molecule has 2 aromatic rings. The van der Waals surface area contributed by atoms with E-state index in [-0.39, 0.29) is 11.7 Å². The molecule has 3 rings (SSSR count). The Kier molecular flexibility index (Phi) is 5.69. The first-order chi connectivity index (χ1) is 12.1. The first-order valence-electron chi connectivity index (χ1n) is 8.93. The van der Waals surface area contributed by atoms with E-state index < -0.39 is 6.10 Å². The van der Waals surface area contributed by atoms with Gasteiger partial charge >= 0.3 is 0 Å². The summed E-state index contributed by atoms with van der Waals surface area (Å²) in [6, 6.07) is 12.4. The first kappa shape index (κ1) is 17.5. The molecular formula is C21H24FNO2. The summed E-state index contributed by atoms with van der Waals surface area (Å²) in [5.74, 6) is 0.454. The maximum atomic E-state index is 12.9. The number of benzene rings is 2. The SMILES string of the molecule is C[C@H](Oc1cccc2c1CCCC2)C(=O)NCCc1ccc(F)cc1. The second kappa shape index (κ2) is 8.15. The zero-order chi connectivity index (χ0) is 17.6. The lowest BCUT2D eigenvalue weighted by Crippen LogP contribution is -2.37. The third-order valence-corrected chi connectivity index (χ3v) is 4.65. The summed E-state index contributed by atoms with van der Waals surface area (Å²) >= 11 is 0. The maximum absolute atomic E-state index is 12.9. The summed E-state index contributed by atoms with van der Waals surface area (Å²) < 4.78 is 18.8. The molecule has 0 aromatic heterocycles. The Balaban J connectivity index is 1.52. The van der Waals surface area contributed by atoms with Crippen molar-refractivity contribution in [1.82, 2.24) is 5.32 Å². The number of carbonyl (C=O) groups is 1. The molecular weight excluding hydrogens is 317 g/mol. The number of ether oxygens (including phenoxy) is 1. The van der Waals surface area contributed by atoms with Gasteiger partial charge in [-0.05, 0) is 73.9 Å². The van der Waals surface area contributed by atoms with Gasteiger partial charge in [0.2, 0.25) is 0 Å². The number of nitrogens with one attached hydrogen (secondary N) is 1. The van der Waals surface area contributed by atoms with Crippen LogP contribution in [0.25, 0.3) is 0 Å². The fourth-order valence-electron chi connectivity index (χ4n) is 3.23. The van der Waals surface area contributed by atoms with E-state index in [0.29, 0.717) is 13.0 Å². The molecule has 0 bridgehead atoms. The fraction of sp³-hybridized carbons (Fsp3) is 0.381. The predicted molar refractivity (Wildman–Crippen MR) is 96.3 cm³/mol. The summed E-state index contributed by atoms with van der Waals surface area (Å²) in [6.45, 7) is 2.28. The number of carbonyl (C=O) groups excluding carboxylic acids is 1. The number of hydrogen-bond donors (Lipinski definition) is 1. The van der Waals surface area contributed by atoms with Crippen LogP contribution in [0.3, 0.4) is 0 Å². The van der Waals surface area contributed by atoms with Crippen LogP contribution in [-0.4, -0.2) is 18.6 Å². The Morgan fingerprint density at radius 3 is 2.72 bits per heavy atom. The highest BCUT2D eigenvalue weighted by molar-refractivity contribution is 5.80. The van der Waals surface area contributed by atoms with Crippen molar-refractivity contribution >= 4 is 5.91 Å². The highest BCUT2D eigenvalue weighted by Crippen LogP contribution is 2.30. The van der Waals surface area contributed by atoms with Crippen LogP contribution in [-0.2, 0) is 24.1 Å². The average molecular weight is 341 g/mol. The van der Waals surface area contributed by atoms with Crippen molar-refractivity contribution in [2.75, 3.05) is 6.54 Å². The highest BCUT2D eigenvalue weighted by Gasteiger charge is 2.19. The van der Waals surface area contributed by atoms with Crippen molar-refractivity contribution in [1.29, 1.82) is 0 Å². The number of fused-ring (bicyclic) bond motifs is 1. The number of hydrogen-bond acceptors (Lipinski definition) is 2. The lowest BCUT2D eigenvalue weighted by molar-refractivity contribution is -0.127. The zero-order valence-electron chi connectivity index (χ0n) is 14.6. The lowest BCUT2D eigenvalue weighted by Gasteiger charge is -2.22. The molecule has 1 amide bonds. The summed E-state index contributed by atoms with van der Waals surface area (Å²) in [7, 11) is 0. The molecule has 1 aliphatic rings. The van der Waals surface area contributed by atoms with Crippen LogP contribution in [0.5, 0.6) is 5.75 Å². The number of rotatable bonds is 6. The molecule has 0 aliphatic heterocycles. The maximum Gasteiger partial charge on any atom is 0.260 e. The summed E-state index contributed by atoms with van der Waals surface area (Å²) in [6.07, 6.45) is 4.62. The molecule has 0 saturated heterocycles. The lowest BCUT2D eigenvalue weighted by atomic mass is 9.91. The van der Waals surface area contributed by atoms with E-state index in [0.717, 1.165) is 24.2 Å². The summed E-state index contributed by atoms with van der Waals surface area (Å²) in [4.78, 5) is 12.3. The molecule has 0 spiro atoms. The quantitative estimate of drug-likeness (QED) is 0.867. The topological polar surface area (TPSA) is 38.3 Å². The number of aryl methyl sites for hydroxylation is 1. The highest BCUT2D eigenvalue weighted by atomic mass is 19.1. The monoisotopic (exact) mass is 341 g/mol. The van der Waals surface area contributed by atoms with Crippen LogP contribution in [0.1, 0.15) is 36.5 Å². The molecule has 3 nitrogen and oxygen atoms in total. The second-order valence-corrected chi connectivity index (χ2v) is 6.53. The molecule has 0 fully saturated rings. The van der Waals surface area contributed by atoms with Crippen molar-refractivity contribution in [2.45, 2.75) is 45.1 Å². The average Bonchev–Trinajstić information content (AvgIpc) is 2.63. The van der Waals surface area contributed by atoms with Crippen molar-refractivity contribution in [3.05, 3.63) is 65.0 Å². The fourth-order valence-corrected chi connectivity index (χ4v) is 3.23. The summed E-state index contributed by atoms with van der Waals surface area (Å²) in [5, 5.41) is 2.89. The molecule has 1 aliphatic carbocycles. The van der Waals surface area contributed by atoms with Gasteiger partial charge in [-0.1, -0.05) is 24.3 Å². The molecule has 0 saturated carbocycles. The minimum absolute atomic E-state index is 0.129. The third kappa shape index (κ3) is 4.59. The van der Waals surface area contributed by atoms with Gasteiger partial charge in [-0.3, -0.25) is 4.79 Å². The van der Waals surface area contributed by atoms with Crippen LogP contribution in [0.2, 0.25) is 0 Å². The Morgan fingerprint density at radius 1 is 1.16 bits per heavy atom. The van der Waals surface area contributed by atoms with E-state index in [1.165, 1.54) is 36.1 Å². The normalized spacial score (nSPS) is 14.5. The van der Waals surface area contributed by atoms with E-state index in [1.807, 2.05) is 12.1 Å². The van der Waals surface area contributed by atoms with E-state index >= 15 is 0 Å². The Bertz CT molecular complexity index is 727. The van der Waals surface area contributed by atoms with Crippen LogP contribution < -0.4 is 10.1 Å². The van der Waals surface area contributed by atoms with Crippen LogP contribution in [0, 0.1) is 5.82 Å². The predicted octanol–water partition coefficient (Wildman–Crippen LogP) is 3.83. The van der Waals surface area contributed by atoms with Crippen molar-refractivity contribution in [3.8, 4) is 5.75 Å². The second-order valence-electron chi connectivity index (χ2n) is 6.53. The first-order valence-corrected chi connectivity index (χ1v) is 8.93. The number of halogens is 1. The van der Waals surface area contributed by atoms with Gasteiger partial charge < -0.3 is 10.1 Å². The minimum atomic E-state index is -0.540. The molecule has 1 atom stereocenters.